The van der Waals surface area contributed by atoms with E-state index in [0.717, 1.165) is 41.7 Å². The van der Waals surface area contributed by atoms with Gasteiger partial charge in [-0.25, -0.2) is 9.37 Å². The van der Waals surface area contributed by atoms with Crippen molar-refractivity contribution >= 4 is 34.2 Å². The van der Waals surface area contributed by atoms with E-state index in [1.807, 2.05) is 12.1 Å². The van der Waals surface area contributed by atoms with Gasteiger partial charge in [0, 0.05) is 23.6 Å². The van der Waals surface area contributed by atoms with Crippen LogP contribution in [-0.4, -0.2) is 9.55 Å². The van der Waals surface area contributed by atoms with Gasteiger partial charge in [0.2, 0.25) is 0 Å². The molecule has 0 aliphatic rings. The predicted octanol–water partition coefficient (Wildman–Crippen LogP) is 7.07. The van der Waals surface area contributed by atoms with Gasteiger partial charge in [-0.1, -0.05) is 55.6 Å². The number of aromatic nitrogens is 2. The van der Waals surface area contributed by atoms with E-state index in [0.29, 0.717) is 16.6 Å². The van der Waals surface area contributed by atoms with E-state index in [1.165, 1.54) is 12.1 Å². The van der Waals surface area contributed by atoms with Crippen molar-refractivity contribution in [2.24, 2.45) is 0 Å². The topological polar surface area (TPSA) is 17.8 Å². The van der Waals surface area contributed by atoms with E-state index in [9.17, 15) is 4.39 Å². The molecule has 0 saturated carbocycles. The summed E-state index contributed by atoms with van der Waals surface area (Å²) in [6.07, 6.45) is 3.03. The number of rotatable bonds is 5. The van der Waals surface area contributed by atoms with Gasteiger partial charge < -0.3 is 4.57 Å². The van der Waals surface area contributed by atoms with Gasteiger partial charge in [-0.05, 0) is 31.5 Å². The summed E-state index contributed by atoms with van der Waals surface area (Å²) < 4.78 is 16.3. The highest BCUT2D eigenvalue weighted by molar-refractivity contribution is 6.36. The SMILES string of the molecule is CCCC(C)n1c(CC)nc2c(-c3cc(F)c(Cl)cc3Cl)cccc21. The highest BCUT2D eigenvalue weighted by Gasteiger charge is 2.19. The van der Waals surface area contributed by atoms with Crippen LogP contribution in [-0.2, 0) is 6.42 Å². The van der Waals surface area contributed by atoms with Crippen molar-refractivity contribution in [2.75, 3.05) is 0 Å². The number of imidazole rings is 1. The number of halogens is 3. The Bertz CT molecular complexity index is 918. The number of fused-ring (bicyclic) bond motifs is 1. The minimum absolute atomic E-state index is 0.0252. The third-order valence-electron chi connectivity index (χ3n) is 4.56. The summed E-state index contributed by atoms with van der Waals surface area (Å²) in [5.41, 5.74) is 3.35. The summed E-state index contributed by atoms with van der Waals surface area (Å²) in [4.78, 5) is 4.85. The van der Waals surface area contributed by atoms with E-state index >= 15 is 0 Å². The first kappa shape index (κ1) is 18.2. The van der Waals surface area contributed by atoms with Crippen LogP contribution in [0.1, 0.15) is 45.5 Å². The van der Waals surface area contributed by atoms with Crippen molar-refractivity contribution in [1.29, 1.82) is 0 Å². The predicted molar refractivity (Wildman–Crippen MR) is 104 cm³/mol. The Balaban J connectivity index is 2.27. The summed E-state index contributed by atoms with van der Waals surface area (Å²) in [6.45, 7) is 6.50. The Labute approximate surface area is 157 Å². The van der Waals surface area contributed by atoms with Crippen LogP contribution in [0.25, 0.3) is 22.2 Å². The van der Waals surface area contributed by atoms with E-state index in [1.54, 1.807) is 0 Å². The molecule has 0 aliphatic carbocycles. The van der Waals surface area contributed by atoms with Gasteiger partial charge in [0.05, 0.1) is 21.1 Å². The monoisotopic (exact) mass is 378 g/mol. The van der Waals surface area contributed by atoms with Gasteiger partial charge in [-0.15, -0.1) is 0 Å². The Morgan fingerprint density at radius 3 is 2.56 bits per heavy atom. The Morgan fingerprint density at radius 2 is 1.88 bits per heavy atom. The molecule has 0 N–H and O–H groups in total. The third kappa shape index (κ3) is 3.28. The first-order chi connectivity index (χ1) is 12.0. The van der Waals surface area contributed by atoms with Gasteiger partial charge in [0.1, 0.15) is 11.6 Å². The number of nitrogens with zero attached hydrogens (tertiary/aromatic N) is 2. The molecule has 5 heteroatoms. The van der Waals surface area contributed by atoms with E-state index in [4.69, 9.17) is 28.2 Å². The molecular formula is C20H21Cl2FN2. The molecule has 0 spiro atoms. The van der Waals surface area contributed by atoms with Crippen molar-refractivity contribution < 1.29 is 4.39 Å². The molecule has 25 heavy (non-hydrogen) atoms. The minimum Gasteiger partial charge on any atom is -0.325 e. The van der Waals surface area contributed by atoms with Crippen LogP contribution in [0.5, 0.6) is 0 Å². The maximum Gasteiger partial charge on any atom is 0.142 e. The van der Waals surface area contributed by atoms with Crippen LogP contribution in [0.2, 0.25) is 10.0 Å². The molecule has 0 saturated heterocycles. The zero-order valence-corrected chi connectivity index (χ0v) is 16.1. The Kier molecular flexibility index (Phi) is 5.35. The first-order valence-electron chi connectivity index (χ1n) is 8.62. The van der Waals surface area contributed by atoms with Crippen molar-refractivity contribution in [3.05, 3.63) is 52.0 Å². The number of aryl methyl sites for hydroxylation is 1. The summed E-state index contributed by atoms with van der Waals surface area (Å²) in [6, 6.07) is 9.16. The van der Waals surface area contributed by atoms with Gasteiger partial charge in [-0.2, -0.15) is 0 Å². The molecule has 0 fully saturated rings. The van der Waals surface area contributed by atoms with Crippen LogP contribution < -0.4 is 0 Å². The van der Waals surface area contributed by atoms with Gasteiger partial charge in [0.25, 0.3) is 0 Å². The largest absolute Gasteiger partial charge is 0.325 e. The maximum atomic E-state index is 14.0. The lowest BCUT2D eigenvalue weighted by Crippen LogP contribution is -2.08. The zero-order chi connectivity index (χ0) is 18.1. The lowest BCUT2D eigenvalue weighted by Gasteiger charge is -2.16. The quantitative estimate of drug-likeness (QED) is 0.434. The van der Waals surface area contributed by atoms with Crippen LogP contribution in [0.3, 0.4) is 0 Å². The molecule has 0 bridgehead atoms. The number of hydrogen-bond acceptors (Lipinski definition) is 1. The van der Waals surface area contributed by atoms with Gasteiger partial charge in [-0.3, -0.25) is 0 Å². The second-order valence-electron chi connectivity index (χ2n) is 6.31. The molecule has 2 nitrogen and oxygen atoms in total. The molecule has 0 aliphatic heterocycles. The smallest absolute Gasteiger partial charge is 0.142 e. The molecule has 3 rings (SSSR count). The lowest BCUT2D eigenvalue weighted by atomic mass is 10.0. The zero-order valence-electron chi connectivity index (χ0n) is 14.6. The summed E-state index contributed by atoms with van der Waals surface area (Å²) in [5, 5.41) is 0.449. The fourth-order valence-corrected chi connectivity index (χ4v) is 3.88. The second-order valence-corrected chi connectivity index (χ2v) is 7.12. The van der Waals surface area contributed by atoms with Crippen LogP contribution in [0, 0.1) is 5.82 Å². The Morgan fingerprint density at radius 1 is 1.12 bits per heavy atom. The third-order valence-corrected chi connectivity index (χ3v) is 5.16. The fourth-order valence-electron chi connectivity index (χ4n) is 3.40. The van der Waals surface area contributed by atoms with Crippen LogP contribution in [0.15, 0.2) is 30.3 Å². The average Bonchev–Trinajstić information content (AvgIpc) is 2.97. The first-order valence-corrected chi connectivity index (χ1v) is 9.38. The molecular weight excluding hydrogens is 358 g/mol. The summed E-state index contributed by atoms with van der Waals surface area (Å²) in [5.74, 6) is 0.557. The van der Waals surface area contributed by atoms with Crippen molar-refractivity contribution in [1.82, 2.24) is 9.55 Å². The summed E-state index contributed by atoms with van der Waals surface area (Å²) in [7, 11) is 0. The molecule has 1 atom stereocenters. The molecule has 1 heterocycles. The van der Waals surface area contributed by atoms with Crippen molar-refractivity contribution in [3.8, 4) is 11.1 Å². The lowest BCUT2D eigenvalue weighted by molar-refractivity contribution is 0.496. The second kappa shape index (κ2) is 7.35. The molecule has 2 aromatic carbocycles. The van der Waals surface area contributed by atoms with E-state index in [2.05, 4.69) is 31.4 Å². The minimum atomic E-state index is -0.479. The molecule has 0 amide bonds. The number of benzene rings is 2. The van der Waals surface area contributed by atoms with E-state index < -0.39 is 5.82 Å². The molecule has 1 aromatic heterocycles. The van der Waals surface area contributed by atoms with Crippen LogP contribution >= 0.6 is 23.2 Å². The van der Waals surface area contributed by atoms with Gasteiger partial charge >= 0.3 is 0 Å². The number of hydrogen-bond donors (Lipinski definition) is 0. The highest BCUT2D eigenvalue weighted by Crippen LogP contribution is 2.37. The average molecular weight is 379 g/mol. The highest BCUT2D eigenvalue weighted by atomic mass is 35.5. The van der Waals surface area contributed by atoms with Gasteiger partial charge in [0.15, 0.2) is 0 Å². The van der Waals surface area contributed by atoms with Crippen LogP contribution in [0.4, 0.5) is 4.39 Å². The fraction of sp³-hybridized carbons (Fsp3) is 0.350. The number of para-hydroxylation sites is 1. The van der Waals surface area contributed by atoms with Crippen molar-refractivity contribution in [3.63, 3.8) is 0 Å². The molecule has 0 radical (unpaired) electrons. The molecule has 1 unspecified atom stereocenters. The summed E-state index contributed by atoms with van der Waals surface area (Å²) >= 11 is 12.2. The maximum absolute atomic E-state index is 14.0. The van der Waals surface area contributed by atoms with Crippen molar-refractivity contribution in [2.45, 2.75) is 46.1 Å². The standard InChI is InChI=1S/C20H21Cl2FN2/c1-4-7-12(3)25-18-9-6-8-13(20(18)24-19(25)5-2)14-10-17(23)16(22)11-15(14)21/h6,8-12H,4-5,7H2,1-3H3. The molecule has 3 aromatic rings. The Hall–Kier alpha value is -1.58. The normalized spacial score (nSPS) is 12.7. The molecule has 132 valence electrons. The van der Waals surface area contributed by atoms with E-state index in [-0.39, 0.29) is 5.02 Å².